The van der Waals surface area contributed by atoms with E-state index in [0.717, 1.165) is 75.6 Å². The Morgan fingerprint density at radius 1 is 0.884 bits per heavy atom. The maximum absolute atomic E-state index is 14.5. The Kier molecular flexibility index (Phi) is 9.32. The highest BCUT2D eigenvalue weighted by molar-refractivity contribution is 6.08. The molecule has 0 spiro atoms. The van der Waals surface area contributed by atoms with Gasteiger partial charge in [0.2, 0.25) is 0 Å². The highest BCUT2D eigenvalue weighted by atomic mass is 16.5. The van der Waals surface area contributed by atoms with Crippen molar-refractivity contribution < 1.29 is 9.53 Å². The lowest BCUT2D eigenvalue weighted by Crippen LogP contribution is -2.49. The van der Waals surface area contributed by atoms with E-state index in [1.54, 1.807) is 4.57 Å². The Bertz CT molecular complexity index is 1580. The van der Waals surface area contributed by atoms with E-state index in [9.17, 15) is 9.59 Å². The number of hydrogen-bond donors (Lipinski definition) is 1. The lowest BCUT2D eigenvalue weighted by atomic mass is 9.97. The summed E-state index contributed by atoms with van der Waals surface area (Å²) in [6.45, 7) is 7.96. The Morgan fingerprint density at radius 2 is 1.56 bits per heavy atom. The molecule has 7 nitrogen and oxygen atoms in total. The van der Waals surface area contributed by atoms with Crippen molar-refractivity contribution in [1.82, 2.24) is 19.7 Å². The number of ether oxygens (including phenoxy) is 1. The molecule has 0 saturated carbocycles. The number of amides is 1. The molecule has 2 aliphatic rings. The van der Waals surface area contributed by atoms with Crippen molar-refractivity contribution in [3.8, 4) is 5.69 Å². The second-order valence-corrected chi connectivity index (χ2v) is 11.7. The minimum Gasteiger partial charge on any atom is -0.379 e. The van der Waals surface area contributed by atoms with E-state index < -0.39 is 0 Å². The number of aromatic nitrogens is 1. The summed E-state index contributed by atoms with van der Waals surface area (Å²) >= 11 is 0. The van der Waals surface area contributed by atoms with E-state index in [-0.39, 0.29) is 17.5 Å². The second kappa shape index (κ2) is 13.7. The molecule has 1 N–H and O–H groups in total. The molecule has 0 bridgehead atoms. The number of hydrogen-bond acceptors (Lipinski definition) is 5. The number of para-hydroxylation sites is 1. The largest absolute Gasteiger partial charge is 0.379 e. The van der Waals surface area contributed by atoms with Gasteiger partial charge >= 0.3 is 0 Å². The van der Waals surface area contributed by atoms with Crippen LogP contribution in [0.3, 0.4) is 0 Å². The number of rotatable bonds is 9. The fourth-order valence-corrected chi connectivity index (χ4v) is 6.74. The Balaban J connectivity index is 1.47. The van der Waals surface area contributed by atoms with Crippen LogP contribution in [0.1, 0.15) is 60.3 Å². The van der Waals surface area contributed by atoms with E-state index in [1.165, 1.54) is 6.42 Å². The fourth-order valence-electron chi connectivity index (χ4n) is 6.74. The molecule has 2 aliphatic heterocycles. The summed E-state index contributed by atoms with van der Waals surface area (Å²) in [7, 11) is 0. The van der Waals surface area contributed by atoms with Crippen LogP contribution >= 0.6 is 0 Å². The quantitative estimate of drug-likeness (QED) is 0.282. The molecule has 2 fully saturated rings. The van der Waals surface area contributed by atoms with E-state index in [2.05, 4.69) is 34.2 Å². The minimum absolute atomic E-state index is 0.0924. The number of piperidine rings is 1. The van der Waals surface area contributed by atoms with Gasteiger partial charge in [0, 0.05) is 48.7 Å². The van der Waals surface area contributed by atoms with Gasteiger partial charge in [0.05, 0.1) is 30.5 Å². The van der Waals surface area contributed by atoms with Crippen LogP contribution in [0, 0.1) is 0 Å². The van der Waals surface area contributed by atoms with Gasteiger partial charge in [-0.3, -0.25) is 24.0 Å². The van der Waals surface area contributed by atoms with E-state index in [4.69, 9.17) is 4.74 Å². The zero-order valence-electron chi connectivity index (χ0n) is 25.1. The monoisotopic (exact) mass is 578 g/mol. The highest BCUT2D eigenvalue weighted by Crippen LogP contribution is 2.28. The number of morpholine rings is 1. The highest BCUT2D eigenvalue weighted by Gasteiger charge is 2.30. The molecule has 4 aromatic rings. The van der Waals surface area contributed by atoms with Crippen LogP contribution in [-0.2, 0) is 11.3 Å². The summed E-state index contributed by atoms with van der Waals surface area (Å²) in [6.07, 6.45) is 4.16. The second-order valence-electron chi connectivity index (χ2n) is 11.7. The van der Waals surface area contributed by atoms with Crippen LogP contribution in [0.5, 0.6) is 0 Å². The van der Waals surface area contributed by atoms with Crippen molar-refractivity contribution >= 4 is 16.7 Å². The zero-order chi connectivity index (χ0) is 29.6. The van der Waals surface area contributed by atoms with Crippen LogP contribution in [-0.4, -0.2) is 65.7 Å². The van der Waals surface area contributed by atoms with Gasteiger partial charge in [0.1, 0.15) is 0 Å². The van der Waals surface area contributed by atoms with E-state index in [1.807, 2.05) is 72.8 Å². The molecule has 1 aromatic heterocycles. The van der Waals surface area contributed by atoms with Gasteiger partial charge in [0.25, 0.3) is 11.5 Å². The number of benzene rings is 3. The van der Waals surface area contributed by atoms with Crippen molar-refractivity contribution in [3.05, 3.63) is 112 Å². The number of fused-ring (bicyclic) bond motifs is 1. The topological polar surface area (TPSA) is 66.8 Å². The normalized spacial score (nSPS) is 18.9. The van der Waals surface area contributed by atoms with Crippen molar-refractivity contribution in [2.45, 2.75) is 51.2 Å². The molecule has 2 atom stereocenters. The van der Waals surface area contributed by atoms with Crippen molar-refractivity contribution in [2.24, 2.45) is 0 Å². The molecule has 1 unspecified atom stereocenters. The van der Waals surface area contributed by atoms with Crippen molar-refractivity contribution in [3.63, 3.8) is 0 Å². The van der Waals surface area contributed by atoms with E-state index >= 15 is 0 Å². The number of likely N-dealkylation sites (tertiary alicyclic amines) is 1. The standard InChI is InChI=1S/C36H42N4O3/c1-2-32(27-13-5-3-6-14-27)37-35(41)34-30-18-9-10-19-31(30)36(42)40(28-15-7-4-8-16-28)33(34)26-39-20-12-11-17-29(39)25-38-21-23-43-24-22-38/h3-10,13-16,18-19,29,32H,2,11-12,17,20-26H2,1H3,(H,37,41)/t29?,32-/m0/s1. The smallest absolute Gasteiger partial charge is 0.263 e. The fraction of sp³-hybridized carbons (Fsp3) is 0.389. The Morgan fingerprint density at radius 3 is 2.28 bits per heavy atom. The lowest BCUT2D eigenvalue weighted by Gasteiger charge is -2.40. The summed E-state index contributed by atoms with van der Waals surface area (Å²) < 4.78 is 7.40. The van der Waals surface area contributed by atoms with Crippen LogP contribution in [0.4, 0.5) is 0 Å². The third-order valence-electron chi connectivity index (χ3n) is 9.02. The summed E-state index contributed by atoms with van der Waals surface area (Å²) in [5, 5.41) is 4.61. The lowest BCUT2D eigenvalue weighted by molar-refractivity contribution is 0.0149. The average molecular weight is 579 g/mol. The van der Waals surface area contributed by atoms with Gasteiger partial charge in [0.15, 0.2) is 0 Å². The van der Waals surface area contributed by atoms with Gasteiger partial charge < -0.3 is 10.1 Å². The van der Waals surface area contributed by atoms with Gasteiger partial charge in [-0.25, -0.2) is 0 Å². The number of carbonyl (C=O) groups is 1. The molecule has 1 amide bonds. The number of nitrogens with zero attached hydrogens (tertiary/aromatic N) is 3. The van der Waals surface area contributed by atoms with Gasteiger partial charge in [-0.05, 0) is 49.6 Å². The molecule has 3 heterocycles. The minimum atomic E-state index is -0.145. The number of nitrogens with one attached hydrogen (secondary N) is 1. The SMILES string of the molecule is CC[C@H](NC(=O)c1c(CN2CCCCC2CN2CCOCC2)n(-c2ccccc2)c(=O)c2ccccc12)c1ccccc1. The molecular weight excluding hydrogens is 536 g/mol. The van der Waals surface area contributed by atoms with Gasteiger partial charge in [-0.15, -0.1) is 0 Å². The summed E-state index contributed by atoms with van der Waals surface area (Å²) in [6, 6.07) is 27.7. The zero-order valence-corrected chi connectivity index (χ0v) is 25.1. The molecule has 224 valence electrons. The van der Waals surface area contributed by atoms with Crippen LogP contribution < -0.4 is 10.9 Å². The number of pyridine rings is 1. The number of carbonyl (C=O) groups excluding carboxylic acids is 1. The molecule has 7 heteroatoms. The first-order chi connectivity index (χ1) is 21.1. The van der Waals surface area contributed by atoms with Crippen molar-refractivity contribution in [1.29, 1.82) is 0 Å². The maximum Gasteiger partial charge on any atom is 0.263 e. The molecule has 2 saturated heterocycles. The molecule has 0 radical (unpaired) electrons. The third kappa shape index (κ3) is 6.44. The molecule has 0 aliphatic carbocycles. The first kappa shape index (κ1) is 29.3. The van der Waals surface area contributed by atoms with Gasteiger partial charge in [-0.1, -0.05) is 80.1 Å². The molecule has 6 rings (SSSR count). The van der Waals surface area contributed by atoms with E-state index in [0.29, 0.717) is 28.9 Å². The van der Waals surface area contributed by atoms with Crippen LogP contribution in [0.2, 0.25) is 0 Å². The summed E-state index contributed by atoms with van der Waals surface area (Å²) in [5.41, 5.74) is 3.10. The third-order valence-corrected chi connectivity index (χ3v) is 9.02. The first-order valence-corrected chi connectivity index (χ1v) is 15.8. The van der Waals surface area contributed by atoms with Gasteiger partial charge in [-0.2, -0.15) is 0 Å². The molecule has 43 heavy (non-hydrogen) atoms. The molecular formula is C36H42N4O3. The Hall–Kier alpha value is -3.78. The maximum atomic E-state index is 14.5. The summed E-state index contributed by atoms with van der Waals surface area (Å²) in [4.78, 5) is 33.7. The Labute approximate surface area is 254 Å². The predicted octanol–water partition coefficient (Wildman–Crippen LogP) is 5.56. The first-order valence-electron chi connectivity index (χ1n) is 15.8. The van der Waals surface area contributed by atoms with Crippen molar-refractivity contribution in [2.75, 3.05) is 39.4 Å². The molecule has 3 aromatic carbocycles. The average Bonchev–Trinajstić information content (AvgIpc) is 3.06. The van der Waals surface area contributed by atoms with Crippen LogP contribution in [0.25, 0.3) is 16.5 Å². The van der Waals surface area contributed by atoms with Crippen LogP contribution in [0.15, 0.2) is 89.7 Å². The predicted molar refractivity (Wildman–Crippen MR) is 172 cm³/mol. The summed E-state index contributed by atoms with van der Waals surface area (Å²) in [5.74, 6) is -0.145.